The number of rotatable bonds is 12. The van der Waals surface area contributed by atoms with Gasteiger partial charge in [0, 0.05) is 32.0 Å². The minimum absolute atomic E-state index is 0.438. The molecule has 0 saturated heterocycles. The second kappa shape index (κ2) is 11.2. The molecule has 0 radical (unpaired) electrons. The number of aromatic nitrogens is 3. The Bertz CT molecular complexity index is 1320. The number of imidazole rings is 1. The summed E-state index contributed by atoms with van der Waals surface area (Å²) in [5, 5.41) is 13.5. The van der Waals surface area contributed by atoms with Crippen LogP contribution >= 0.6 is 0 Å². The first-order valence-corrected chi connectivity index (χ1v) is 11.7. The number of fused-ring (bicyclic) bond motifs is 3. The number of nitrogens with zero attached hydrogens (tertiary/aromatic N) is 3. The molecule has 2 heterocycles. The first-order chi connectivity index (χ1) is 17.0. The Morgan fingerprint density at radius 2 is 2.03 bits per heavy atom. The summed E-state index contributed by atoms with van der Waals surface area (Å²) in [5.74, 6) is 0.929. The van der Waals surface area contributed by atoms with Crippen LogP contribution in [0.3, 0.4) is 0 Å². The molecule has 0 aliphatic heterocycles. The minimum atomic E-state index is -0.990. The zero-order chi connectivity index (χ0) is 24.8. The maximum Gasteiger partial charge on any atom is 0.344 e. The average molecular weight is 478 g/mol. The maximum atomic E-state index is 11.0. The maximum absolute atomic E-state index is 11.0. The van der Waals surface area contributed by atoms with Gasteiger partial charge in [0.2, 0.25) is 0 Å². The number of carboxylic acids is 1. The molecule has 0 aliphatic carbocycles. The Kier molecular flexibility index (Phi) is 7.79. The third-order valence-corrected chi connectivity index (χ3v) is 5.84. The van der Waals surface area contributed by atoms with Crippen LogP contribution < -0.4 is 15.8 Å². The number of pyridine rings is 1. The molecule has 4 rings (SSSR count). The Balaban J connectivity index is 1.44. The van der Waals surface area contributed by atoms with Crippen molar-refractivity contribution < 1.29 is 19.4 Å². The van der Waals surface area contributed by atoms with E-state index in [4.69, 9.17) is 25.3 Å². The van der Waals surface area contributed by atoms with E-state index in [1.165, 1.54) is 6.92 Å². The molecule has 35 heavy (non-hydrogen) atoms. The summed E-state index contributed by atoms with van der Waals surface area (Å²) >= 11 is 0. The molecule has 9 nitrogen and oxygen atoms in total. The number of methoxy groups -OCH3 is 1. The number of para-hydroxylation sites is 1. The van der Waals surface area contributed by atoms with Crippen molar-refractivity contribution in [3.05, 3.63) is 59.9 Å². The number of carbonyl (C=O) groups is 1. The summed E-state index contributed by atoms with van der Waals surface area (Å²) in [4.78, 5) is 20.4. The van der Waals surface area contributed by atoms with Gasteiger partial charge in [-0.15, -0.1) is 0 Å². The number of nitrogen functional groups attached to an aromatic ring is 1. The predicted octanol–water partition coefficient (Wildman–Crippen LogP) is 3.39. The molecule has 0 fully saturated rings. The first kappa shape index (κ1) is 24.4. The molecule has 0 aliphatic rings. The van der Waals surface area contributed by atoms with E-state index in [9.17, 15) is 4.79 Å². The number of aliphatic carboxylic acids is 1. The number of nitrogens with one attached hydrogen (secondary N) is 1. The third-order valence-electron chi connectivity index (χ3n) is 5.84. The van der Waals surface area contributed by atoms with Crippen LogP contribution in [0.5, 0.6) is 5.75 Å². The molecule has 4 N–H and O–H groups in total. The molecular formula is C26H31N5O4. The van der Waals surface area contributed by atoms with Crippen molar-refractivity contribution in [3.8, 4) is 5.75 Å². The number of aryl methyl sites for hydroxylation is 1. The van der Waals surface area contributed by atoms with E-state index in [1.54, 1.807) is 13.2 Å². The summed E-state index contributed by atoms with van der Waals surface area (Å²) in [6, 6.07) is 15.5. The number of benzene rings is 2. The van der Waals surface area contributed by atoms with Crippen LogP contribution in [0.4, 0.5) is 5.82 Å². The molecule has 0 amide bonds. The van der Waals surface area contributed by atoms with Gasteiger partial charge in [-0.2, -0.15) is 0 Å². The van der Waals surface area contributed by atoms with Crippen molar-refractivity contribution in [2.75, 3.05) is 26.0 Å². The Labute approximate surface area is 203 Å². The van der Waals surface area contributed by atoms with Crippen molar-refractivity contribution in [2.45, 2.75) is 39.0 Å². The lowest BCUT2D eigenvalue weighted by Gasteiger charge is -2.13. The van der Waals surface area contributed by atoms with Crippen molar-refractivity contribution in [3.63, 3.8) is 0 Å². The molecule has 184 valence electrons. The summed E-state index contributed by atoms with van der Waals surface area (Å²) in [6.45, 7) is 4.31. The molecular weight excluding hydrogens is 446 g/mol. The fourth-order valence-electron chi connectivity index (χ4n) is 4.11. The van der Waals surface area contributed by atoms with Crippen LogP contribution in [-0.2, 0) is 29.0 Å². The normalized spacial score (nSPS) is 12.3. The van der Waals surface area contributed by atoms with Gasteiger partial charge in [0.15, 0.2) is 11.9 Å². The predicted molar refractivity (Wildman–Crippen MR) is 136 cm³/mol. The Morgan fingerprint density at radius 3 is 2.83 bits per heavy atom. The highest BCUT2D eigenvalue weighted by Crippen LogP contribution is 2.29. The Hall–Kier alpha value is -3.69. The van der Waals surface area contributed by atoms with E-state index >= 15 is 0 Å². The van der Waals surface area contributed by atoms with E-state index in [0.717, 1.165) is 52.8 Å². The van der Waals surface area contributed by atoms with Crippen LogP contribution in [0.1, 0.15) is 24.7 Å². The largest absolute Gasteiger partial charge is 0.479 e. The molecule has 2 aromatic heterocycles. The van der Waals surface area contributed by atoms with Gasteiger partial charge in [-0.05, 0) is 43.7 Å². The Morgan fingerprint density at radius 1 is 1.20 bits per heavy atom. The van der Waals surface area contributed by atoms with E-state index in [1.807, 2.05) is 36.4 Å². The van der Waals surface area contributed by atoms with E-state index in [2.05, 4.69) is 20.9 Å². The van der Waals surface area contributed by atoms with E-state index in [0.29, 0.717) is 31.1 Å². The highest BCUT2D eigenvalue weighted by Gasteiger charge is 2.17. The number of ether oxygens (including phenoxy) is 2. The smallest absolute Gasteiger partial charge is 0.344 e. The summed E-state index contributed by atoms with van der Waals surface area (Å²) in [5.41, 5.74) is 9.88. The van der Waals surface area contributed by atoms with Gasteiger partial charge in [-0.1, -0.05) is 30.3 Å². The number of carboxylic acid groups (broad SMARTS) is 1. The summed E-state index contributed by atoms with van der Waals surface area (Å²) < 4.78 is 13.0. The van der Waals surface area contributed by atoms with Gasteiger partial charge in [0.25, 0.3) is 0 Å². The fraction of sp³-hybridized carbons (Fsp3) is 0.346. The SMILES string of the molecule is COCCc1nc2c(N)nc3ccccc3c2n1CCCNCc1cccc(OC(C)C(=O)O)c1. The monoisotopic (exact) mass is 477 g/mol. The molecule has 1 atom stereocenters. The minimum Gasteiger partial charge on any atom is -0.479 e. The topological polar surface area (TPSA) is 125 Å². The lowest BCUT2D eigenvalue weighted by Crippen LogP contribution is -2.23. The number of hydrogen-bond acceptors (Lipinski definition) is 7. The summed E-state index contributed by atoms with van der Waals surface area (Å²) in [6.07, 6.45) is 0.679. The van der Waals surface area contributed by atoms with Crippen molar-refractivity contribution in [2.24, 2.45) is 0 Å². The second-order valence-corrected chi connectivity index (χ2v) is 8.41. The lowest BCUT2D eigenvalue weighted by molar-refractivity contribution is -0.144. The zero-order valence-corrected chi connectivity index (χ0v) is 20.0. The van der Waals surface area contributed by atoms with Gasteiger partial charge < -0.3 is 30.2 Å². The van der Waals surface area contributed by atoms with Gasteiger partial charge in [-0.3, -0.25) is 0 Å². The van der Waals surface area contributed by atoms with Crippen LogP contribution in [0.25, 0.3) is 21.9 Å². The van der Waals surface area contributed by atoms with Crippen LogP contribution in [0, 0.1) is 0 Å². The standard InChI is InChI=1S/C26H31N5O4/c1-17(26(32)33)35-19-8-5-7-18(15-19)16-28-12-6-13-31-22(11-14-34-2)30-23-24(31)20-9-3-4-10-21(20)29-25(23)27/h3-5,7-10,15,17,28H,6,11-14,16H2,1-2H3,(H2,27,29)(H,32,33). The molecule has 0 spiro atoms. The quantitative estimate of drug-likeness (QED) is 0.265. The molecule has 2 aromatic carbocycles. The zero-order valence-electron chi connectivity index (χ0n) is 20.0. The molecule has 9 heteroatoms. The van der Waals surface area contributed by atoms with E-state index in [-0.39, 0.29) is 0 Å². The van der Waals surface area contributed by atoms with Crippen LogP contribution in [-0.4, -0.2) is 52.0 Å². The number of nitrogens with two attached hydrogens (primary N) is 1. The first-order valence-electron chi connectivity index (χ1n) is 11.7. The van der Waals surface area contributed by atoms with Gasteiger partial charge in [0.05, 0.1) is 17.6 Å². The highest BCUT2D eigenvalue weighted by molar-refractivity contribution is 6.06. The molecule has 4 aromatic rings. The van der Waals surface area contributed by atoms with Crippen LogP contribution in [0.15, 0.2) is 48.5 Å². The third kappa shape index (κ3) is 5.70. The van der Waals surface area contributed by atoms with E-state index < -0.39 is 12.1 Å². The molecule has 0 bridgehead atoms. The van der Waals surface area contributed by atoms with Gasteiger partial charge in [0.1, 0.15) is 17.1 Å². The van der Waals surface area contributed by atoms with Crippen molar-refractivity contribution in [1.29, 1.82) is 0 Å². The fourth-order valence-corrected chi connectivity index (χ4v) is 4.11. The van der Waals surface area contributed by atoms with Crippen molar-refractivity contribution in [1.82, 2.24) is 19.9 Å². The van der Waals surface area contributed by atoms with Gasteiger partial charge >= 0.3 is 5.97 Å². The number of anilines is 1. The van der Waals surface area contributed by atoms with Gasteiger partial charge in [-0.25, -0.2) is 14.8 Å². The highest BCUT2D eigenvalue weighted by atomic mass is 16.5. The lowest BCUT2D eigenvalue weighted by atomic mass is 10.2. The second-order valence-electron chi connectivity index (χ2n) is 8.41. The summed E-state index contributed by atoms with van der Waals surface area (Å²) in [7, 11) is 1.69. The average Bonchev–Trinajstić information content (AvgIpc) is 3.22. The van der Waals surface area contributed by atoms with Crippen molar-refractivity contribution >= 4 is 33.7 Å². The van der Waals surface area contributed by atoms with Crippen LogP contribution in [0.2, 0.25) is 0 Å². The molecule has 0 saturated carbocycles. The number of hydrogen-bond donors (Lipinski definition) is 3. The molecule has 1 unspecified atom stereocenters.